The molecule has 0 aliphatic heterocycles. The molecule has 0 amide bonds. The zero-order chi connectivity index (χ0) is 13.7. The van der Waals surface area contributed by atoms with Crippen molar-refractivity contribution in [1.82, 2.24) is 5.48 Å². The molecular formula is C15H18NO2P. The minimum absolute atomic E-state index is 0.0979. The largest absolute Gasteiger partial charge is 0.281 e. The summed E-state index contributed by atoms with van der Waals surface area (Å²) in [5.41, 5.74) is 2.82. The molecule has 3 nitrogen and oxygen atoms in total. The summed E-state index contributed by atoms with van der Waals surface area (Å²) in [5.74, 6) is 0. The predicted molar refractivity (Wildman–Crippen MR) is 79.1 cm³/mol. The van der Waals surface area contributed by atoms with Crippen LogP contribution < -0.4 is 16.1 Å². The minimum atomic E-state index is -3.09. The Bertz CT molecular complexity index is 511. The van der Waals surface area contributed by atoms with Crippen LogP contribution in [-0.2, 0) is 9.19 Å². The molecule has 0 bridgehead atoms. The van der Waals surface area contributed by atoms with E-state index in [1.54, 1.807) is 0 Å². The SMILES string of the molecule is CC(C)NOP(=O)(c1ccccc1)c1ccccc1. The van der Waals surface area contributed by atoms with Gasteiger partial charge in [-0.25, -0.2) is 4.62 Å². The fourth-order valence-electron chi connectivity index (χ4n) is 1.68. The van der Waals surface area contributed by atoms with Crippen LogP contribution in [0.2, 0.25) is 0 Å². The van der Waals surface area contributed by atoms with Gasteiger partial charge in [-0.2, -0.15) is 5.48 Å². The zero-order valence-electron chi connectivity index (χ0n) is 11.1. The van der Waals surface area contributed by atoms with E-state index in [-0.39, 0.29) is 6.04 Å². The second-order valence-electron chi connectivity index (χ2n) is 4.59. The molecule has 1 N–H and O–H groups in total. The monoisotopic (exact) mass is 275 g/mol. The van der Waals surface area contributed by atoms with Crippen molar-refractivity contribution in [2.24, 2.45) is 0 Å². The van der Waals surface area contributed by atoms with Crippen molar-refractivity contribution >= 4 is 18.0 Å². The highest BCUT2D eigenvalue weighted by Gasteiger charge is 2.29. The summed E-state index contributed by atoms with van der Waals surface area (Å²) in [5, 5.41) is 1.38. The Balaban J connectivity index is 2.42. The maximum absolute atomic E-state index is 13.2. The van der Waals surface area contributed by atoms with Crippen LogP contribution in [0.3, 0.4) is 0 Å². The fourth-order valence-corrected chi connectivity index (χ4v) is 3.68. The van der Waals surface area contributed by atoms with Gasteiger partial charge in [-0.05, 0) is 38.1 Å². The van der Waals surface area contributed by atoms with Gasteiger partial charge < -0.3 is 0 Å². The van der Waals surface area contributed by atoms with Crippen molar-refractivity contribution < 1.29 is 9.19 Å². The molecule has 0 heterocycles. The van der Waals surface area contributed by atoms with Gasteiger partial charge in [-0.15, -0.1) is 0 Å². The van der Waals surface area contributed by atoms with Crippen molar-refractivity contribution in [3.63, 3.8) is 0 Å². The van der Waals surface area contributed by atoms with Gasteiger partial charge in [-0.1, -0.05) is 36.4 Å². The van der Waals surface area contributed by atoms with Crippen LogP contribution >= 0.6 is 7.37 Å². The highest BCUT2D eigenvalue weighted by Crippen LogP contribution is 2.43. The van der Waals surface area contributed by atoms with Crippen LogP contribution in [0, 0.1) is 0 Å². The van der Waals surface area contributed by atoms with Crippen molar-refractivity contribution in [3.8, 4) is 0 Å². The second-order valence-corrected chi connectivity index (χ2v) is 6.90. The van der Waals surface area contributed by atoms with Gasteiger partial charge in [0.15, 0.2) is 0 Å². The lowest BCUT2D eigenvalue weighted by atomic mass is 10.4. The van der Waals surface area contributed by atoms with Crippen molar-refractivity contribution in [1.29, 1.82) is 0 Å². The third-order valence-electron chi connectivity index (χ3n) is 2.61. The highest BCUT2D eigenvalue weighted by atomic mass is 31.2. The molecule has 0 fully saturated rings. The molecule has 0 saturated carbocycles. The van der Waals surface area contributed by atoms with Crippen LogP contribution in [0.15, 0.2) is 60.7 Å². The molecule has 19 heavy (non-hydrogen) atoms. The standard InChI is InChI=1S/C15H18NO2P/c1-13(2)16-18-19(17,14-9-5-3-6-10-14)15-11-7-4-8-12-15/h3-13,16H,1-2H3. The zero-order valence-corrected chi connectivity index (χ0v) is 12.0. The molecule has 2 aromatic rings. The Labute approximate surface area is 114 Å². The molecule has 0 unspecified atom stereocenters. The molecule has 4 heteroatoms. The molecule has 0 aliphatic rings. The third-order valence-corrected chi connectivity index (χ3v) is 4.93. The van der Waals surface area contributed by atoms with E-state index in [1.807, 2.05) is 74.5 Å². The lowest BCUT2D eigenvalue weighted by molar-refractivity contribution is 0.179. The van der Waals surface area contributed by atoms with Gasteiger partial charge in [0.1, 0.15) is 0 Å². The van der Waals surface area contributed by atoms with Gasteiger partial charge in [0, 0.05) is 16.7 Å². The van der Waals surface area contributed by atoms with E-state index in [9.17, 15) is 4.57 Å². The van der Waals surface area contributed by atoms with Gasteiger partial charge >= 0.3 is 0 Å². The molecule has 0 saturated heterocycles. The lowest BCUT2D eigenvalue weighted by Crippen LogP contribution is -2.28. The number of nitrogens with one attached hydrogen (secondary N) is 1. The van der Waals surface area contributed by atoms with Crippen LogP contribution in [0.25, 0.3) is 0 Å². The smallest absolute Gasteiger partial charge is 0.277 e. The highest BCUT2D eigenvalue weighted by molar-refractivity contribution is 7.74. The second kappa shape index (κ2) is 6.16. The van der Waals surface area contributed by atoms with E-state index in [4.69, 9.17) is 4.62 Å². The number of hydrogen-bond acceptors (Lipinski definition) is 3. The molecule has 2 rings (SSSR count). The van der Waals surface area contributed by atoms with Crippen molar-refractivity contribution in [2.45, 2.75) is 19.9 Å². The average molecular weight is 275 g/mol. The van der Waals surface area contributed by atoms with Crippen LogP contribution in [0.1, 0.15) is 13.8 Å². The maximum Gasteiger partial charge on any atom is 0.277 e. The van der Waals surface area contributed by atoms with Gasteiger partial charge in [0.25, 0.3) is 7.37 Å². The van der Waals surface area contributed by atoms with Gasteiger partial charge in [0.05, 0.1) is 0 Å². The summed E-state index contributed by atoms with van der Waals surface area (Å²) in [6.45, 7) is 3.89. The van der Waals surface area contributed by atoms with Crippen molar-refractivity contribution in [2.75, 3.05) is 0 Å². The van der Waals surface area contributed by atoms with E-state index >= 15 is 0 Å². The normalized spacial score (nSPS) is 11.7. The number of hydrogen-bond donors (Lipinski definition) is 1. The summed E-state index contributed by atoms with van der Waals surface area (Å²) in [6, 6.07) is 18.7. The predicted octanol–water partition coefficient (Wildman–Crippen LogP) is 2.85. The molecule has 2 aromatic carbocycles. The Hall–Kier alpha value is -1.41. The average Bonchev–Trinajstić information content (AvgIpc) is 2.46. The van der Waals surface area contributed by atoms with Crippen molar-refractivity contribution in [3.05, 3.63) is 60.7 Å². The van der Waals surface area contributed by atoms with E-state index in [2.05, 4.69) is 5.48 Å². The third kappa shape index (κ3) is 3.32. The molecule has 0 spiro atoms. The molecule has 100 valence electrons. The fraction of sp³-hybridized carbons (Fsp3) is 0.200. The molecule has 0 radical (unpaired) electrons. The first-order valence-corrected chi connectivity index (χ1v) is 7.91. The topological polar surface area (TPSA) is 38.3 Å². The van der Waals surface area contributed by atoms with Gasteiger partial charge in [0.2, 0.25) is 0 Å². The minimum Gasteiger partial charge on any atom is -0.281 e. The Morgan fingerprint density at radius 2 is 1.32 bits per heavy atom. The molecule has 0 aliphatic carbocycles. The number of hydroxylamine groups is 1. The molecule has 0 aromatic heterocycles. The van der Waals surface area contributed by atoms with E-state index in [1.165, 1.54) is 0 Å². The maximum atomic E-state index is 13.2. The quantitative estimate of drug-likeness (QED) is 0.673. The van der Waals surface area contributed by atoms with E-state index in [0.717, 1.165) is 0 Å². The van der Waals surface area contributed by atoms with Gasteiger partial charge in [-0.3, -0.25) is 4.57 Å². The Morgan fingerprint density at radius 1 is 0.895 bits per heavy atom. The number of benzene rings is 2. The first-order valence-electron chi connectivity index (χ1n) is 6.28. The van der Waals surface area contributed by atoms with Crippen LogP contribution in [0.5, 0.6) is 0 Å². The summed E-state index contributed by atoms with van der Waals surface area (Å²) >= 11 is 0. The summed E-state index contributed by atoms with van der Waals surface area (Å²) < 4.78 is 18.8. The summed E-state index contributed by atoms with van der Waals surface area (Å²) in [6.07, 6.45) is 0. The van der Waals surface area contributed by atoms with E-state index in [0.29, 0.717) is 10.6 Å². The Morgan fingerprint density at radius 3 is 1.68 bits per heavy atom. The number of rotatable bonds is 5. The first-order chi connectivity index (χ1) is 9.13. The van der Waals surface area contributed by atoms with Crippen LogP contribution in [0.4, 0.5) is 0 Å². The lowest BCUT2D eigenvalue weighted by Gasteiger charge is -2.20. The Kier molecular flexibility index (Phi) is 4.54. The molecule has 0 atom stereocenters. The van der Waals surface area contributed by atoms with Crippen LogP contribution in [-0.4, -0.2) is 6.04 Å². The summed E-state index contributed by atoms with van der Waals surface area (Å²) in [7, 11) is -3.09. The first kappa shape index (κ1) is 14.0. The summed E-state index contributed by atoms with van der Waals surface area (Å²) in [4.78, 5) is 0. The molecular weight excluding hydrogens is 257 g/mol. The van der Waals surface area contributed by atoms with E-state index < -0.39 is 7.37 Å².